The zero-order chi connectivity index (χ0) is 8.97. The third kappa shape index (κ3) is 2.61. The summed E-state index contributed by atoms with van der Waals surface area (Å²) < 4.78 is 5.44. The lowest BCUT2D eigenvalue weighted by Gasteiger charge is -2.16. The van der Waals surface area contributed by atoms with Crippen molar-refractivity contribution in [1.82, 2.24) is 5.32 Å². The quantitative estimate of drug-likeness (QED) is 0.647. The largest absolute Gasteiger partial charge is 0.377 e. The maximum absolute atomic E-state index is 5.44. The van der Waals surface area contributed by atoms with Gasteiger partial charge in [0.1, 0.15) is 0 Å². The minimum absolute atomic E-state index is 0.370. The maximum Gasteiger partial charge on any atom is 0.0700 e. The average molecular weight is 169 g/mol. The first kappa shape index (κ1) is 9.75. The van der Waals surface area contributed by atoms with Gasteiger partial charge in [0.05, 0.1) is 6.10 Å². The first-order chi connectivity index (χ1) is 5.74. The Balaban J connectivity index is 2.18. The number of hydrogen-bond acceptors (Lipinski definition) is 2. The van der Waals surface area contributed by atoms with Gasteiger partial charge in [-0.25, -0.2) is 0 Å². The molecule has 0 aromatic rings. The second-order valence-corrected chi connectivity index (χ2v) is 3.46. The van der Waals surface area contributed by atoms with Crippen LogP contribution in [-0.4, -0.2) is 25.3 Å². The molecule has 0 radical (unpaired) electrons. The van der Waals surface area contributed by atoms with Gasteiger partial charge in [-0.3, -0.25) is 0 Å². The molecule has 0 saturated carbocycles. The lowest BCUT2D eigenvalue weighted by Crippen LogP contribution is -2.35. The highest BCUT2D eigenvalue weighted by atomic mass is 16.5. The molecule has 0 aromatic carbocycles. The van der Waals surface area contributed by atoms with E-state index < -0.39 is 0 Å². The Morgan fingerprint density at radius 1 is 1.67 bits per heavy atom. The summed E-state index contributed by atoms with van der Waals surface area (Å²) in [5.74, 6) is 0. The zero-order valence-corrected chi connectivity index (χ0v) is 8.10. The van der Waals surface area contributed by atoms with E-state index in [2.05, 4.69) is 25.7 Å². The number of rotatable bonds is 4. The van der Waals surface area contributed by atoms with Crippen molar-refractivity contribution >= 4 is 0 Å². The van der Waals surface area contributed by atoms with Crippen LogP contribution in [0.1, 0.15) is 26.7 Å². The second-order valence-electron chi connectivity index (χ2n) is 3.46. The van der Waals surface area contributed by atoms with Crippen molar-refractivity contribution in [2.45, 2.75) is 38.8 Å². The highest BCUT2D eigenvalue weighted by Gasteiger charge is 2.22. The fourth-order valence-corrected chi connectivity index (χ4v) is 1.40. The molecule has 0 amide bonds. The third-order valence-corrected chi connectivity index (χ3v) is 2.49. The van der Waals surface area contributed by atoms with Gasteiger partial charge in [-0.2, -0.15) is 0 Å². The van der Waals surface area contributed by atoms with E-state index in [4.69, 9.17) is 4.74 Å². The molecule has 1 fully saturated rings. The molecular weight excluding hydrogens is 150 g/mol. The lowest BCUT2D eigenvalue weighted by atomic mass is 10.1. The Labute approximate surface area is 75.0 Å². The van der Waals surface area contributed by atoms with Gasteiger partial charge in [-0.05, 0) is 19.8 Å². The summed E-state index contributed by atoms with van der Waals surface area (Å²) >= 11 is 0. The summed E-state index contributed by atoms with van der Waals surface area (Å²) in [5, 5.41) is 3.46. The fraction of sp³-hybridized carbons (Fsp3) is 0.800. The molecule has 1 heterocycles. The predicted molar refractivity (Wildman–Crippen MR) is 51.3 cm³/mol. The van der Waals surface area contributed by atoms with Crippen LogP contribution in [0.2, 0.25) is 0 Å². The molecular formula is C10H19NO. The first-order valence-corrected chi connectivity index (χ1v) is 4.75. The molecule has 2 heteroatoms. The highest BCUT2D eigenvalue weighted by molar-refractivity contribution is 4.96. The Kier molecular flexibility index (Phi) is 3.76. The molecule has 1 aliphatic rings. The van der Waals surface area contributed by atoms with E-state index in [9.17, 15) is 0 Å². The molecule has 2 unspecified atom stereocenters. The summed E-state index contributed by atoms with van der Waals surface area (Å²) in [4.78, 5) is 0. The Morgan fingerprint density at radius 2 is 2.42 bits per heavy atom. The van der Waals surface area contributed by atoms with Crippen LogP contribution in [0.5, 0.6) is 0 Å². The van der Waals surface area contributed by atoms with Gasteiger partial charge in [0, 0.05) is 19.2 Å². The Hall–Kier alpha value is -0.340. The molecule has 2 nitrogen and oxygen atoms in total. The van der Waals surface area contributed by atoms with E-state index in [-0.39, 0.29) is 0 Å². The van der Waals surface area contributed by atoms with Crippen LogP contribution >= 0.6 is 0 Å². The molecule has 2 atom stereocenters. The van der Waals surface area contributed by atoms with Gasteiger partial charge < -0.3 is 10.1 Å². The predicted octanol–water partition coefficient (Wildman–Crippen LogP) is 1.72. The average Bonchev–Trinajstić information content (AvgIpc) is 2.47. The van der Waals surface area contributed by atoms with Gasteiger partial charge in [0.2, 0.25) is 0 Å². The van der Waals surface area contributed by atoms with E-state index in [1.807, 2.05) is 0 Å². The minimum Gasteiger partial charge on any atom is -0.377 e. The molecule has 1 saturated heterocycles. The maximum atomic E-state index is 5.44. The van der Waals surface area contributed by atoms with E-state index in [0.717, 1.165) is 26.0 Å². The van der Waals surface area contributed by atoms with E-state index in [0.29, 0.717) is 12.1 Å². The van der Waals surface area contributed by atoms with Gasteiger partial charge in [0.25, 0.3) is 0 Å². The van der Waals surface area contributed by atoms with Crippen LogP contribution in [0, 0.1) is 0 Å². The molecule has 1 rings (SSSR count). The monoisotopic (exact) mass is 169 g/mol. The molecule has 12 heavy (non-hydrogen) atoms. The van der Waals surface area contributed by atoms with Gasteiger partial charge >= 0.3 is 0 Å². The molecule has 0 aromatic heterocycles. The number of ether oxygens (including phenoxy) is 1. The van der Waals surface area contributed by atoms with Crippen LogP contribution in [0.25, 0.3) is 0 Å². The van der Waals surface area contributed by atoms with Gasteiger partial charge in [0.15, 0.2) is 0 Å². The van der Waals surface area contributed by atoms with Crippen LogP contribution in [-0.2, 0) is 4.74 Å². The molecule has 0 spiro atoms. The van der Waals surface area contributed by atoms with Crippen molar-refractivity contribution in [3.8, 4) is 0 Å². The molecule has 70 valence electrons. The smallest absolute Gasteiger partial charge is 0.0700 e. The Morgan fingerprint density at radius 3 is 2.92 bits per heavy atom. The fourth-order valence-electron chi connectivity index (χ4n) is 1.40. The summed E-state index contributed by atoms with van der Waals surface area (Å²) in [6.07, 6.45) is 2.57. The molecule has 0 bridgehead atoms. The standard InChI is InChI=1S/C10H19NO/c1-4-8(2)7-11-10-5-6-12-9(10)3/h9-11H,2,4-7H2,1,3H3. The lowest BCUT2D eigenvalue weighted by molar-refractivity contribution is 0.114. The summed E-state index contributed by atoms with van der Waals surface area (Å²) in [6, 6.07) is 0.535. The van der Waals surface area contributed by atoms with Crippen molar-refractivity contribution < 1.29 is 4.74 Å². The van der Waals surface area contributed by atoms with Crippen molar-refractivity contribution in [2.24, 2.45) is 0 Å². The normalized spacial score (nSPS) is 29.2. The topological polar surface area (TPSA) is 21.3 Å². The zero-order valence-electron chi connectivity index (χ0n) is 8.10. The molecule has 1 aliphatic heterocycles. The number of nitrogens with one attached hydrogen (secondary N) is 1. The van der Waals surface area contributed by atoms with Gasteiger partial charge in [-0.1, -0.05) is 19.1 Å². The molecule has 1 N–H and O–H groups in total. The second kappa shape index (κ2) is 4.63. The molecule has 0 aliphatic carbocycles. The minimum atomic E-state index is 0.370. The number of hydrogen-bond donors (Lipinski definition) is 1. The summed E-state index contributed by atoms with van der Waals surface area (Å²) in [7, 11) is 0. The van der Waals surface area contributed by atoms with Crippen molar-refractivity contribution in [2.75, 3.05) is 13.2 Å². The van der Waals surface area contributed by atoms with Crippen molar-refractivity contribution in [1.29, 1.82) is 0 Å². The SMILES string of the molecule is C=C(CC)CNC1CCOC1C. The van der Waals surface area contributed by atoms with Crippen LogP contribution in [0.3, 0.4) is 0 Å². The van der Waals surface area contributed by atoms with E-state index >= 15 is 0 Å². The van der Waals surface area contributed by atoms with Gasteiger partial charge in [-0.15, -0.1) is 0 Å². The highest BCUT2D eigenvalue weighted by Crippen LogP contribution is 2.12. The van der Waals surface area contributed by atoms with Crippen LogP contribution in [0.15, 0.2) is 12.2 Å². The van der Waals surface area contributed by atoms with Crippen molar-refractivity contribution in [3.05, 3.63) is 12.2 Å². The summed E-state index contributed by atoms with van der Waals surface area (Å²) in [5.41, 5.74) is 1.27. The van der Waals surface area contributed by atoms with Crippen LogP contribution in [0.4, 0.5) is 0 Å². The van der Waals surface area contributed by atoms with E-state index in [1.165, 1.54) is 5.57 Å². The van der Waals surface area contributed by atoms with E-state index in [1.54, 1.807) is 0 Å². The third-order valence-electron chi connectivity index (χ3n) is 2.49. The van der Waals surface area contributed by atoms with Crippen molar-refractivity contribution in [3.63, 3.8) is 0 Å². The van der Waals surface area contributed by atoms with Crippen LogP contribution < -0.4 is 5.32 Å². The first-order valence-electron chi connectivity index (χ1n) is 4.75. The Bertz CT molecular complexity index is 156. The summed E-state index contributed by atoms with van der Waals surface area (Å²) in [6.45, 7) is 10.1.